The van der Waals surface area contributed by atoms with E-state index in [1.807, 2.05) is 6.07 Å². The Morgan fingerprint density at radius 3 is 1.29 bits per heavy atom. The standard InChI is InChI=1S/C66H98N6/c1-7-11-14-17-20-23-24-25-26-29-34-50-66(6)71(51-35-30-27-21-18-15-12-8-2)63-41-37-40-59-62(48-49-64(65(59)63)72(66)52-36-31-28-22-19-16-13-9-3)70-69-61-47-46-60(57-38-32-33-39-58(57)61)68-67-56-44-42-55(43-45-56)53-54(5)10-4/h32-33,37-49,54H,7-31,34-36,50-53H2,1-6H3/b68-67+,70-69+/t54-,66?/m0/s1. The fraction of sp³-hybridized carbons (Fsp3) is 0.606. The highest BCUT2D eigenvalue weighted by Crippen LogP contribution is 2.50. The average Bonchev–Trinajstić information content (AvgIpc) is 3.40. The van der Waals surface area contributed by atoms with Gasteiger partial charge >= 0.3 is 0 Å². The normalized spacial score (nSPS) is 15.3. The summed E-state index contributed by atoms with van der Waals surface area (Å²) in [5.41, 5.74) is 7.47. The molecule has 6 rings (SSSR count). The lowest BCUT2D eigenvalue weighted by Gasteiger charge is -2.55. The number of hydrogen-bond donors (Lipinski definition) is 0. The van der Waals surface area contributed by atoms with Gasteiger partial charge in [0.1, 0.15) is 5.66 Å². The molecule has 1 aliphatic heterocycles. The lowest BCUT2D eigenvalue weighted by Crippen LogP contribution is -2.62. The molecule has 6 heteroatoms. The summed E-state index contributed by atoms with van der Waals surface area (Å²) in [7, 11) is 0. The fourth-order valence-electron chi connectivity index (χ4n) is 11.4. The zero-order valence-corrected chi connectivity index (χ0v) is 46.5. The van der Waals surface area contributed by atoms with E-state index in [9.17, 15) is 0 Å². The van der Waals surface area contributed by atoms with Gasteiger partial charge in [0.25, 0.3) is 0 Å². The van der Waals surface area contributed by atoms with Gasteiger partial charge in [0.05, 0.1) is 22.7 Å². The van der Waals surface area contributed by atoms with E-state index in [0.717, 1.165) is 53.0 Å². The van der Waals surface area contributed by atoms with Crippen molar-refractivity contribution in [1.29, 1.82) is 0 Å². The topological polar surface area (TPSA) is 55.9 Å². The van der Waals surface area contributed by atoms with Gasteiger partial charge in [-0.3, -0.25) is 0 Å². The zero-order chi connectivity index (χ0) is 50.6. The highest BCUT2D eigenvalue weighted by Gasteiger charge is 2.42. The Balaban J connectivity index is 1.26. The Morgan fingerprint density at radius 2 is 0.806 bits per heavy atom. The Kier molecular flexibility index (Phi) is 25.1. The van der Waals surface area contributed by atoms with Crippen molar-refractivity contribution < 1.29 is 0 Å². The van der Waals surface area contributed by atoms with Crippen LogP contribution in [0.15, 0.2) is 111 Å². The smallest absolute Gasteiger partial charge is 0.110 e. The summed E-state index contributed by atoms with van der Waals surface area (Å²) in [5, 5.41) is 24.2. The number of anilines is 2. The van der Waals surface area contributed by atoms with Crippen molar-refractivity contribution in [3.63, 3.8) is 0 Å². The largest absolute Gasteiger partial charge is 0.348 e. The molecule has 0 aliphatic carbocycles. The molecule has 0 spiro atoms. The molecule has 0 N–H and O–H groups in total. The molecule has 0 saturated carbocycles. The number of unbranched alkanes of at least 4 members (excludes halogenated alkanes) is 24. The first kappa shape index (κ1) is 56.7. The first-order valence-corrected chi connectivity index (χ1v) is 30.0. The Morgan fingerprint density at radius 1 is 0.403 bits per heavy atom. The monoisotopic (exact) mass is 975 g/mol. The minimum Gasteiger partial charge on any atom is -0.348 e. The second-order valence-corrected chi connectivity index (χ2v) is 22.0. The lowest BCUT2D eigenvalue weighted by atomic mass is 9.90. The Bertz CT molecular complexity index is 2310. The van der Waals surface area contributed by atoms with Gasteiger partial charge < -0.3 is 9.80 Å². The quantitative estimate of drug-likeness (QED) is 0.0294. The van der Waals surface area contributed by atoms with Crippen LogP contribution in [0, 0.1) is 5.92 Å². The summed E-state index contributed by atoms with van der Waals surface area (Å²) < 4.78 is 0. The van der Waals surface area contributed by atoms with Gasteiger partial charge in [-0.25, -0.2) is 0 Å². The molecule has 392 valence electrons. The van der Waals surface area contributed by atoms with Crippen LogP contribution >= 0.6 is 0 Å². The fourth-order valence-corrected chi connectivity index (χ4v) is 11.4. The van der Waals surface area contributed by atoms with Crippen molar-refractivity contribution in [3.8, 4) is 0 Å². The van der Waals surface area contributed by atoms with Crippen molar-refractivity contribution in [2.24, 2.45) is 26.4 Å². The van der Waals surface area contributed by atoms with Gasteiger partial charge in [0.2, 0.25) is 0 Å². The predicted octanol–water partition coefficient (Wildman–Crippen LogP) is 22.7. The average molecular weight is 976 g/mol. The molecule has 5 aromatic rings. The zero-order valence-electron chi connectivity index (χ0n) is 46.5. The van der Waals surface area contributed by atoms with Crippen LogP contribution in [0.5, 0.6) is 0 Å². The Labute approximate surface area is 439 Å². The number of fused-ring (bicyclic) bond motifs is 1. The van der Waals surface area contributed by atoms with Crippen molar-refractivity contribution in [1.82, 2.24) is 0 Å². The van der Waals surface area contributed by atoms with Gasteiger partial charge in [-0.2, -0.15) is 5.11 Å². The molecule has 6 nitrogen and oxygen atoms in total. The summed E-state index contributed by atoms with van der Waals surface area (Å²) in [6.45, 7) is 16.3. The number of rotatable bonds is 37. The van der Waals surface area contributed by atoms with Crippen LogP contribution in [-0.4, -0.2) is 18.8 Å². The molecular formula is C66H98N6. The van der Waals surface area contributed by atoms with E-state index in [2.05, 4.69) is 141 Å². The molecule has 2 atom stereocenters. The molecule has 0 bridgehead atoms. The molecule has 1 unspecified atom stereocenters. The maximum atomic E-state index is 5.12. The molecule has 1 aliphatic rings. The third kappa shape index (κ3) is 17.0. The number of nitrogens with zero attached hydrogens (tertiary/aromatic N) is 6. The van der Waals surface area contributed by atoms with Crippen LogP contribution in [-0.2, 0) is 6.42 Å². The lowest BCUT2D eigenvalue weighted by molar-refractivity contribution is 0.341. The van der Waals surface area contributed by atoms with Gasteiger partial charge in [0.15, 0.2) is 0 Å². The van der Waals surface area contributed by atoms with Gasteiger partial charge in [-0.05, 0) is 93.0 Å². The van der Waals surface area contributed by atoms with Gasteiger partial charge in [-0.15, -0.1) is 15.3 Å². The van der Waals surface area contributed by atoms with Crippen LogP contribution in [0.2, 0.25) is 0 Å². The molecule has 0 saturated heterocycles. The number of azo groups is 2. The highest BCUT2D eigenvalue weighted by molar-refractivity contribution is 6.10. The minimum atomic E-state index is -0.0966. The molecular weight excluding hydrogens is 877 g/mol. The molecule has 0 radical (unpaired) electrons. The number of hydrogen-bond acceptors (Lipinski definition) is 6. The summed E-state index contributed by atoms with van der Waals surface area (Å²) in [4.78, 5) is 5.73. The third-order valence-corrected chi connectivity index (χ3v) is 16.1. The van der Waals surface area contributed by atoms with E-state index in [1.54, 1.807) is 0 Å². The van der Waals surface area contributed by atoms with E-state index in [0.29, 0.717) is 5.92 Å². The van der Waals surface area contributed by atoms with Crippen LogP contribution in [0.1, 0.15) is 233 Å². The van der Waals surface area contributed by atoms with Crippen LogP contribution in [0.25, 0.3) is 21.5 Å². The first-order chi connectivity index (χ1) is 35.4. The van der Waals surface area contributed by atoms with Crippen LogP contribution in [0.3, 0.4) is 0 Å². The van der Waals surface area contributed by atoms with Crippen molar-refractivity contribution in [2.75, 3.05) is 22.9 Å². The molecule has 0 aromatic heterocycles. The molecule has 0 fully saturated rings. The maximum absolute atomic E-state index is 5.12. The van der Waals surface area contributed by atoms with Gasteiger partial charge in [-0.1, -0.05) is 244 Å². The first-order valence-electron chi connectivity index (χ1n) is 30.0. The summed E-state index contributed by atoms with van der Waals surface area (Å²) in [6.07, 6.45) is 39.9. The summed E-state index contributed by atoms with van der Waals surface area (Å²) >= 11 is 0. The van der Waals surface area contributed by atoms with Crippen molar-refractivity contribution in [2.45, 2.75) is 240 Å². The van der Waals surface area contributed by atoms with E-state index in [-0.39, 0.29) is 5.66 Å². The number of benzene rings is 5. The van der Waals surface area contributed by atoms with E-state index in [4.69, 9.17) is 15.3 Å². The molecule has 5 aromatic carbocycles. The summed E-state index contributed by atoms with van der Waals surface area (Å²) in [5.74, 6) is 0.672. The van der Waals surface area contributed by atoms with E-state index < -0.39 is 0 Å². The minimum absolute atomic E-state index is 0.0966. The van der Waals surface area contributed by atoms with Crippen LogP contribution < -0.4 is 9.80 Å². The molecule has 72 heavy (non-hydrogen) atoms. The SMILES string of the molecule is CCCCCCCCCCCCCC1(C)N(CCCCCCCCCC)c2cccc3c(/N=N/c4ccc(/N=N/c5ccc(C[C@@H](C)CC)cc5)c5ccccc45)ccc(c23)N1CCCCCCCCCC. The van der Waals surface area contributed by atoms with E-state index >= 15 is 0 Å². The maximum Gasteiger partial charge on any atom is 0.110 e. The van der Waals surface area contributed by atoms with Crippen molar-refractivity contribution in [3.05, 3.63) is 96.6 Å². The summed E-state index contributed by atoms with van der Waals surface area (Å²) in [6, 6.07) is 32.7. The molecule has 1 heterocycles. The van der Waals surface area contributed by atoms with Crippen LogP contribution in [0.4, 0.5) is 34.1 Å². The second kappa shape index (κ2) is 31.9. The molecule has 0 amide bonds. The predicted molar refractivity (Wildman–Crippen MR) is 315 cm³/mol. The van der Waals surface area contributed by atoms with Gasteiger partial charge in [0, 0.05) is 46.0 Å². The Hall–Kier alpha value is -4.58. The highest BCUT2D eigenvalue weighted by atomic mass is 15.4. The van der Waals surface area contributed by atoms with Crippen molar-refractivity contribution >= 4 is 55.7 Å². The third-order valence-electron chi connectivity index (χ3n) is 16.1. The second-order valence-electron chi connectivity index (χ2n) is 22.0. The van der Waals surface area contributed by atoms with E-state index in [1.165, 1.54) is 214 Å².